The Morgan fingerprint density at radius 2 is 1.45 bits per heavy atom. The number of amides is 1. The first-order valence-corrected chi connectivity index (χ1v) is 12.1. The van der Waals surface area contributed by atoms with Crippen LogP contribution in [-0.2, 0) is 11.4 Å². The van der Waals surface area contributed by atoms with Crippen molar-refractivity contribution >= 4 is 18.1 Å². The Morgan fingerprint density at radius 3 is 2.13 bits per heavy atom. The van der Waals surface area contributed by atoms with Crippen LogP contribution >= 0.6 is 0 Å². The van der Waals surface area contributed by atoms with Crippen molar-refractivity contribution in [3.63, 3.8) is 0 Å². The summed E-state index contributed by atoms with van der Waals surface area (Å²) >= 11 is 0. The van der Waals surface area contributed by atoms with Crippen LogP contribution in [0.5, 0.6) is 17.2 Å². The number of carbonyl (C=O) groups is 2. The average Bonchev–Trinajstić information content (AvgIpc) is 2.94. The molecule has 0 unspecified atom stereocenters. The topological polar surface area (TPSA) is 86.2 Å². The lowest BCUT2D eigenvalue weighted by Crippen LogP contribution is -2.33. The minimum Gasteiger partial charge on any atom is -0.489 e. The number of nitrogens with zero attached hydrogens (tertiary/aromatic N) is 1. The molecule has 0 saturated carbocycles. The van der Waals surface area contributed by atoms with Crippen molar-refractivity contribution < 1.29 is 23.8 Å². The Morgan fingerprint density at radius 1 is 0.816 bits per heavy atom. The van der Waals surface area contributed by atoms with Gasteiger partial charge < -0.3 is 14.2 Å². The van der Waals surface area contributed by atoms with Crippen molar-refractivity contribution in [2.45, 2.75) is 26.6 Å². The Kier molecular flexibility index (Phi) is 8.86. The molecule has 192 valence electrons. The van der Waals surface area contributed by atoms with E-state index >= 15 is 0 Å². The van der Waals surface area contributed by atoms with Gasteiger partial charge in [-0.1, -0.05) is 48.0 Å². The largest absolute Gasteiger partial charge is 0.489 e. The first-order chi connectivity index (χ1) is 18.5. The highest BCUT2D eigenvalue weighted by atomic mass is 16.5. The van der Waals surface area contributed by atoms with Crippen LogP contribution in [0.1, 0.15) is 34.0 Å². The minimum atomic E-state index is -0.758. The molecule has 0 spiro atoms. The summed E-state index contributed by atoms with van der Waals surface area (Å²) in [6.45, 7) is 4.06. The molecule has 38 heavy (non-hydrogen) atoms. The molecule has 0 aromatic heterocycles. The maximum atomic E-state index is 12.4. The van der Waals surface area contributed by atoms with E-state index in [1.54, 1.807) is 67.6 Å². The molecule has 0 radical (unpaired) electrons. The zero-order valence-corrected chi connectivity index (χ0v) is 21.2. The quantitative estimate of drug-likeness (QED) is 0.128. The van der Waals surface area contributed by atoms with Crippen molar-refractivity contribution in [1.29, 1.82) is 0 Å². The highest BCUT2D eigenvalue weighted by Crippen LogP contribution is 2.20. The fourth-order valence-corrected chi connectivity index (χ4v) is 3.35. The summed E-state index contributed by atoms with van der Waals surface area (Å²) in [6.07, 6.45) is 0.738. The lowest BCUT2D eigenvalue weighted by molar-refractivity contribution is -0.127. The van der Waals surface area contributed by atoms with Gasteiger partial charge in [-0.3, -0.25) is 4.79 Å². The first-order valence-electron chi connectivity index (χ1n) is 12.1. The molecule has 0 fully saturated rings. The summed E-state index contributed by atoms with van der Waals surface area (Å²) < 4.78 is 16.9. The van der Waals surface area contributed by atoms with Crippen LogP contribution in [0, 0.1) is 6.92 Å². The minimum absolute atomic E-state index is 0.394. The lowest BCUT2D eigenvalue weighted by Gasteiger charge is -2.13. The third-order valence-electron chi connectivity index (χ3n) is 5.52. The van der Waals surface area contributed by atoms with Crippen molar-refractivity contribution in [2.24, 2.45) is 5.10 Å². The Labute approximate surface area is 221 Å². The van der Waals surface area contributed by atoms with Crippen molar-refractivity contribution in [2.75, 3.05) is 0 Å². The molecule has 4 rings (SSSR count). The van der Waals surface area contributed by atoms with E-state index in [-0.39, 0.29) is 0 Å². The third kappa shape index (κ3) is 7.80. The SMILES string of the molecule is Cc1ccc(C(=O)Oc2ccc(/C=N\NC(=O)[C@@H](C)Oc3ccc(OCc4ccccc4)cc3)cc2)cc1. The van der Waals surface area contributed by atoms with Gasteiger partial charge in [0.15, 0.2) is 6.10 Å². The van der Waals surface area contributed by atoms with E-state index < -0.39 is 18.0 Å². The number of ether oxygens (including phenoxy) is 3. The molecular formula is C31H28N2O5. The van der Waals surface area contributed by atoms with Crippen LogP contribution in [0.3, 0.4) is 0 Å². The van der Waals surface area contributed by atoms with Crippen molar-refractivity contribution in [1.82, 2.24) is 5.43 Å². The van der Waals surface area contributed by atoms with Gasteiger partial charge in [0.05, 0.1) is 11.8 Å². The van der Waals surface area contributed by atoms with Gasteiger partial charge in [-0.25, -0.2) is 10.2 Å². The molecule has 0 heterocycles. The molecule has 1 N–H and O–H groups in total. The van der Waals surface area contributed by atoms with E-state index in [0.29, 0.717) is 29.4 Å². The van der Waals surface area contributed by atoms with Gasteiger partial charge in [0.25, 0.3) is 5.91 Å². The van der Waals surface area contributed by atoms with Gasteiger partial charge in [0.1, 0.15) is 23.9 Å². The van der Waals surface area contributed by atoms with Crippen LogP contribution < -0.4 is 19.6 Å². The first kappa shape index (κ1) is 26.2. The number of carbonyl (C=O) groups excluding carboxylic acids is 2. The van der Waals surface area contributed by atoms with Crippen molar-refractivity contribution in [3.05, 3.63) is 125 Å². The summed E-state index contributed by atoms with van der Waals surface area (Å²) in [5.74, 6) is 0.838. The maximum Gasteiger partial charge on any atom is 0.343 e. The predicted octanol–water partition coefficient (Wildman–Crippen LogP) is 5.71. The molecule has 4 aromatic rings. The smallest absolute Gasteiger partial charge is 0.343 e. The Hall–Kier alpha value is -4.91. The van der Waals surface area contributed by atoms with E-state index in [4.69, 9.17) is 14.2 Å². The molecule has 7 nitrogen and oxygen atoms in total. The average molecular weight is 509 g/mol. The third-order valence-corrected chi connectivity index (χ3v) is 5.52. The molecule has 7 heteroatoms. The van der Waals surface area contributed by atoms with Crippen LogP contribution in [0.2, 0.25) is 0 Å². The number of hydrazone groups is 1. The molecule has 0 saturated heterocycles. The summed E-state index contributed by atoms with van der Waals surface area (Å²) in [7, 11) is 0. The Balaban J connectivity index is 1.21. The van der Waals surface area contributed by atoms with Gasteiger partial charge >= 0.3 is 5.97 Å². The Bertz CT molecular complexity index is 1370. The summed E-state index contributed by atoms with van der Waals surface area (Å²) in [5.41, 5.74) is 5.82. The molecule has 1 atom stereocenters. The second-order valence-corrected chi connectivity index (χ2v) is 8.56. The van der Waals surface area contributed by atoms with Gasteiger partial charge in [-0.15, -0.1) is 0 Å². The molecular weight excluding hydrogens is 480 g/mol. The normalized spacial score (nSPS) is 11.5. The van der Waals surface area contributed by atoms with E-state index in [2.05, 4.69) is 10.5 Å². The zero-order valence-electron chi connectivity index (χ0n) is 21.2. The number of benzene rings is 4. The fraction of sp³-hybridized carbons (Fsp3) is 0.129. The predicted molar refractivity (Wildman–Crippen MR) is 146 cm³/mol. The van der Waals surface area contributed by atoms with Gasteiger partial charge in [-0.05, 0) is 85.6 Å². The van der Waals surface area contributed by atoms with Gasteiger partial charge in [-0.2, -0.15) is 5.10 Å². The molecule has 0 bridgehead atoms. The molecule has 1 amide bonds. The molecule has 4 aromatic carbocycles. The fourth-order valence-electron chi connectivity index (χ4n) is 3.35. The summed E-state index contributed by atoms with van der Waals surface area (Å²) in [6, 6.07) is 30.9. The number of aryl methyl sites for hydroxylation is 1. The van der Waals surface area contributed by atoms with Crippen LogP contribution in [0.15, 0.2) is 108 Å². The number of esters is 1. The summed E-state index contributed by atoms with van der Waals surface area (Å²) in [5, 5.41) is 3.99. The lowest BCUT2D eigenvalue weighted by atomic mass is 10.1. The highest BCUT2D eigenvalue weighted by molar-refractivity contribution is 5.91. The highest BCUT2D eigenvalue weighted by Gasteiger charge is 2.14. The van der Waals surface area contributed by atoms with Crippen molar-refractivity contribution in [3.8, 4) is 17.2 Å². The molecule has 0 aliphatic carbocycles. The van der Waals surface area contributed by atoms with E-state index in [1.807, 2.05) is 49.4 Å². The monoisotopic (exact) mass is 508 g/mol. The van der Waals surface area contributed by atoms with E-state index in [9.17, 15) is 9.59 Å². The second kappa shape index (κ2) is 12.9. The van der Waals surface area contributed by atoms with Gasteiger partial charge in [0.2, 0.25) is 0 Å². The maximum absolute atomic E-state index is 12.4. The number of hydrogen-bond acceptors (Lipinski definition) is 6. The number of hydrogen-bond donors (Lipinski definition) is 1. The van der Waals surface area contributed by atoms with Crippen LogP contribution in [0.4, 0.5) is 0 Å². The zero-order chi connectivity index (χ0) is 26.7. The van der Waals surface area contributed by atoms with E-state index in [0.717, 1.165) is 16.7 Å². The van der Waals surface area contributed by atoms with Gasteiger partial charge in [0, 0.05) is 0 Å². The molecule has 0 aliphatic heterocycles. The van der Waals surface area contributed by atoms with Crippen LogP contribution in [0.25, 0.3) is 0 Å². The molecule has 0 aliphatic rings. The van der Waals surface area contributed by atoms with Crippen LogP contribution in [-0.4, -0.2) is 24.2 Å². The second-order valence-electron chi connectivity index (χ2n) is 8.56. The summed E-state index contributed by atoms with van der Waals surface area (Å²) in [4.78, 5) is 24.6. The number of nitrogens with one attached hydrogen (secondary N) is 1. The number of rotatable bonds is 10. The van der Waals surface area contributed by atoms with E-state index in [1.165, 1.54) is 6.21 Å². The standard InChI is InChI=1S/C31H28N2O5/c1-22-8-12-26(13-9-22)31(35)38-29-14-10-24(11-15-29)20-32-33-30(34)23(2)37-28-18-16-27(17-19-28)36-21-25-6-4-3-5-7-25/h3-20,23H,21H2,1-2H3,(H,33,34)/b32-20-/t23-/m1/s1.